The highest BCUT2D eigenvalue weighted by molar-refractivity contribution is 6.33. The van der Waals surface area contributed by atoms with Crippen molar-refractivity contribution < 1.29 is 0 Å². The Morgan fingerprint density at radius 2 is 1.79 bits per heavy atom. The van der Waals surface area contributed by atoms with E-state index in [1.807, 2.05) is 42.6 Å². The van der Waals surface area contributed by atoms with Crippen LogP contribution in [0.25, 0.3) is 33.3 Å². The van der Waals surface area contributed by atoms with Crippen molar-refractivity contribution in [2.45, 2.75) is 0 Å². The first kappa shape index (κ1) is 10.6. The summed E-state index contributed by atoms with van der Waals surface area (Å²) in [6, 6.07) is 11.6. The van der Waals surface area contributed by atoms with Gasteiger partial charge >= 0.3 is 0 Å². The second-order valence-electron chi connectivity index (χ2n) is 4.37. The molecule has 2 aromatic heterocycles. The number of halogens is 1. The van der Waals surface area contributed by atoms with Crippen molar-refractivity contribution in [3.63, 3.8) is 0 Å². The lowest BCUT2D eigenvalue weighted by Crippen LogP contribution is -1.80. The molecular weight excluding hydrogens is 260 g/mol. The lowest BCUT2D eigenvalue weighted by atomic mass is 10.2. The number of nitrogens with zero attached hydrogens (tertiary/aromatic N) is 2. The van der Waals surface area contributed by atoms with E-state index in [4.69, 9.17) is 11.6 Å². The molecule has 0 unspecified atom stereocenters. The second-order valence-corrected chi connectivity index (χ2v) is 4.78. The molecule has 0 radical (unpaired) electrons. The quantitative estimate of drug-likeness (QED) is 0.552. The van der Waals surface area contributed by atoms with Crippen LogP contribution in [-0.2, 0) is 0 Å². The van der Waals surface area contributed by atoms with Gasteiger partial charge in [0.2, 0.25) is 0 Å². The molecule has 4 aromatic rings. The van der Waals surface area contributed by atoms with Crippen LogP contribution in [0.2, 0.25) is 5.02 Å². The van der Waals surface area contributed by atoms with E-state index < -0.39 is 0 Å². The van der Waals surface area contributed by atoms with E-state index in [9.17, 15) is 0 Å². The molecular formula is C14H9ClN4. The molecule has 0 spiro atoms. The summed E-state index contributed by atoms with van der Waals surface area (Å²) in [5.74, 6) is 0.664. The lowest BCUT2D eigenvalue weighted by Gasteiger charge is -1.97. The van der Waals surface area contributed by atoms with Gasteiger partial charge in [0.1, 0.15) is 0 Å². The molecule has 2 aromatic carbocycles. The Kier molecular flexibility index (Phi) is 2.13. The van der Waals surface area contributed by atoms with Crippen molar-refractivity contribution in [2.75, 3.05) is 0 Å². The predicted molar refractivity (Wildman–Crippen MR) is 76.2 cm³/mol. The Balaban J connectivity index is 1.99. The summed E-state index contributed by atoms with van der Waals surface area (Å²) in [6.45, 7) is 0. The van der Waals surface area contributed by atoms with Gasteiger partial charge in [0.25, 0.3) is 0 Å². The minimum Gasteiger partial charge on any atom is -0.307 e. The van der Waals surface area contributed by atoms with Gasteiger partial charge in [-0.15, -0.1) is 0 Å². The highest BCUT2D eigenvalue weighted by atomic mass is 35.5. The maximum absolute atomic E-state index is 6.18. The van der Waals surface area contributed by atoms with Gasteiger partial charge in [-0.1, -0.05) is 23.7 Å². The van der Waals surface area contributed by atoms with Crippen molar-refractivity contribution in [3.05, 3.63) is 47.6 Å². The average molecular weight is 269 g/mol. The molecule has 2 N–H and O–H groups in total. The summed E-state index contributed by atoms with van der Waals surface area (Å²) in [4.78, 5) is 9.09. The Hall–Kier alpha value is -2.33. The molecule has 4 nitrogen and oxygen atoms in total. The van der Waals surface area contributed by atoms with E-state index in [1.165, 1.54) is 0 Å². The van der Waals surface area contributed by atoms with Gasteiger partial charge in [-0.25, -0.2) is 9.97 Å². The molecule has 2 heterocycles. The van der Waals surface area contributed by atoms with Crippen LogP contribution in [0.4, 0.5) is 0 Å². The molecule has 0 aliphatic carbocycles. The maximum atomic E-state index is 6.18. The van der Waals surface area contributed by atoms with E-state index in [1.54, 1.807) is 0 Å². The fourth-order valence-electron chi connectivity index (χ4n) is 2.21. The number of nitrogens with one attached hydrogen (secondary N) is 2. The van der Waals surface area contributed by atoms with Gasteiger partial charge in [0.05, 0.1) is 21.6 Å². The van der Waals surface area contributed by atoms with Crippen LogP contribution >= 0.6 is 11.6 Å². The number of rotatable bonds is 1. The van der Waals surface area contributed by atoms with E-state index >= 15 is 0 Å². The first-order valence-electron chi connectivity index (χ1n) is 5.89. The summed E-state index contributed by atoms with van der Waals surface area (Å²) in [7, 11) is 0. The van der Waals surface area contributed by atoms with Crippen LogP contribution in [0.5, 0.6) is 0 Å². The highest BCUT2D eigenvalue weighted by Gasteiger charge is 2.10. The first-order chi connectivity index (χ1) is 9.31. The summed E-state index contributed by atoms with van der Waals surface area (Å²) >= 11 is 6.18. The third kappa shape index (κ3) is 1.61. The molecule has 5 heteroatoms. The van der Waals surface area contributed by atoms with E-state index in [0.29, 0.717) is 10.8 Å². The minimum atomic E-state index is 0.664. The SMILES string of the molecule is Clc1ccccc1-c1nc2cc3c[nH][nH]c3cc2n1. The van der Waals surface area contributed by atoms with Crippen LogP contribution in [0, 0.1) is 0 Å². The molecule has 19 heavy (non-hydrogen) atoms. The lowest BCUT2D eigenvalue weighted by molar-refractivity contribution is 1.12. The molecule has 0 saturated carbocycles. The van der Waals surface area contributed by atoms with Crippen molar-refractivity contribution in [2.24, 2.45) is 0 Å². The molecule has 4 rings (SSSR count). The van der Waals surface area contributed by atoms with Gasteiger partial charge in [0.15, 0.2) is 5.82 Å². The Morgan fingerprint density at radius 1 is 1.00 bits per heavy atom. The minimum absolute atomic E-state index is 0.664. The van der Waals surface area contributed by atoms with Crippen LogP contribution in [0.1, 0.15) is 0 Å². The van der Waals surface area contributed by atoms with Crippen molar-refractivity contribution in [1.82, 2.24) is 20.2 Å². The van der Waals surface area contributed by atoms with E-state index in [-0.39, 0.29) is 0 Å². The highest BCUT2D eigenvalue weighted by Crippen LogP contribution is 2.28. The van der Waals surface area contributed by atoms with Gasteiger partial charge in [-0.3, -0.25) is 0 Å². The van der Waals surface area contributed by atoms with E-state index in [0.717, 1.165) is 27.5 Å². The normalized spacial score (nSPS) is 11.4. The first-order valence-corrected chi connectivity index (χ1v) is 6.27. The second kappa shape index (κ2) is 3.83. The Bertz CT molecular complexity index is 843. The Morgan fingerprint density at radius 3 is 2.63 bits per heavy atom. The number of hydrogen-bond donors (Lipinski definition) is 2. The summed E-state index contributed by atoms with van der Waals surface area (Å²) in [5, 5.41) is 7.75. The largest absolute Gasteiger partial charge is 0.307 e. The zero-order chi connectivity index (χ0) is 12.8. The van der Waals surface area contributed by atoms with Crippen molar-refractivity contribution in [1.29, 1.82) is 0 Å². The smallest absolute Gasteiger partial charge is 0.162 e. The molecule has 0 fully saturated rings. The van der Waals surface area contributed by atoms with Crippen LogP contribution in [0.3, 0.4) is 0 Å². The zero-order valence-corrected chi connectivity index (χ0v) is 10.6. The molecule has 92 valence electrons. The van der Waals surface area contributed by atoms with Gasteiger partial charge in [-0.05, 0) is 24.3 Å². The Labute approximate surface area is 113 Å². The van der Waals surface area contributed by atoms with E-state index in [2.05, 4.69) is 20.2 Å². The van der Waals surface area contributed by atoms with Gasteiger partial charge in [0, 0.05) is 17.1 Å². The van der Waals surface area contributed by atoms with Crippen molar-refractivity contribution in [3.8, 4) is 11.4 Å². The molecule has 0 amide bonds. The van der Waals surface area contributed by atoms with Crippen LogP contribution in [0.15, 0.2) is 42.6 Å². The number of benzene rings is 2. The topological polar surface area (TPSA) is 57.4 Å². The molecule has 0 saturated heterocycles. The third-order valence-corrected chi connectivity index (χ3v) is 3.48. The summed E-state index contributed by atoms with van der Waals surface area (Å²) in [6.07, 6.45) is 1.90. The number of imidazole rings is 1. The fourth-order valence-corrected chi connectivity index (χ4v) is 2.43. The summed E-state index contributed by atoms with van der Waals surface area (Å²) in [5.41, 5.74) is 3.60. The van der Waals surface area contributed by atoms with Gasteiger partial charge in [-0.2, -0.15) is 0 Å². The maximum Gasteiger partial charge on any atom is 0.162 e. The summed E-state index contributed by atoms with van der Waals surface area (Å²) < 4.78 is 0. The fraction of sp³-hybridized carbons (Fsp3) is 0. The molecule has 0 bridgehead atoms. The number of hydrogen-bond acceptors (Lipinski definition) is 2. The number of fused-ring (bicyclic) bond motifs is 2. The molecule has 0 atom stereocenters. The number of aromatic nitrogens is 4. The van der Waals surface area contributed by atoms with Crippen LogP contribution in [-0.4, -0.2) is 20.2 Å². The van der Waals surface area contributed by atoms with Crippen LogP contribution < -0.4 is 0 Å². The third-order valence-electron chi connectivity index (χ3n) is 3.15. The average Bonchev–Trinajstić information content (AvgIpc) is 3.01. The van der Waals surface area contributed by atoms with Crippen molar-refractivity contribution >= 4 is 33.5 Å². The number of aromatic amines is 2. The monoisotopic (exact) mass is 268 g/mol. The standard InChI is InChI=1S/C14H9ClN4/c15-10-4-2-1-3-9(10)14-17-12-5-8-7-16-19-11(8)6-13(12)18-14/h1-7,16,19H. The predicted octanol–water partition coefficient (Wildman–Crippen LogP) is 3.76. The molecule has 0 aliphatic heterocycles. The van der Waals surface area contributed by atoms with Gasteiger partial charge < -0.3 is 10.2 Å². The zero-order valence-electron chi connectivity index (χ0n) is 9.81. The molecule has 0 aliphatic rings. The number of H-pyrrole nitrogens is 2.